The monoisotopic (exact) mass is 335 g/mol. The predicted molar refractivity (Wildman–Crippen MR) is 94.3 cm³/mol. The van der Waals surface area contributed by atoms with Crippen LogP contribution in [0.25, 0.3) is 10.9 Å². The Morgan fingerprint density at radius 2 is 2.08 bits per heavy atom. The van der Waals surface area contributed by atoms with E-state index in [2.05, 4.69) is 21.6 Å². The van der Waals surface area contributed by atoms with Gasteiger partial charge in [-0.15, -0.1) is 0 Å². The second-order valence-electron chi connectivity index (χ2n) is 6.29. The quantitative estimate of drug-likeness (QED) is 0.693. The number of ketones is 1. The molecular weight excluding hydrogens is 322 g/mol. The summed E-state index contributed by atoms with van der Waals surface area (Å²) in [4.78, 5) is 12.6. The van der Waals surface area contributed by atoms with Gasteiger partial charge in [0.2, 0.25) is 0 Å². The third-order valence-electron chi connectivity index (χ3n) is 4.94. The summed E-state index contributed by atoms with van der Waals surface area (Å²) in [6.07, 6.45) is 3.17. The van der Waals surface area contributed by atoms with E-state index >= 15 is 0 Å². The van der Waals surface area contributed by atoms with Gasteiger partial charge in [0, 0.05) is 39.7 Å². The number of fused-ring (bicyclic) bond motifs is 3. The van der Waals surface area contributed by atoms with Crippen LogP contribution in [0.15, 0.2) is 53.9 Å². The van der Waals surface area contributed by atoms with E-state index < -0.39 is 0 Å². The largest absolute Gasteiger partial charge is 0.358 e. The molecule has 0 spiro atoms. The van der Waals surface area contributed by atoms with Crippen LogP contribution in [0.3, 0.4) is 0 Å². The molecule has 2 heterocycles. The minimum absolute atomic E-state index is 0.105. The molecule has 0 amide bonds. The Morgan fingerprint density at radius 1 is 1.17 bits per heavy atom. The predicted octanol–water partition coefficient (Wildman–Crippen LogP) is 4.39. The molecule has 0 saturated heterocycles. The number of carbonyl (C=O) groups is 1. The second kappa shape index (κ2) is 4.95. The zero-order valence-corrected chi connectivity index (χ0v) is 13.5. The van der Waals surface area contributed by atoms with Crippen LogP contribution in [0.5, 0.6) is 0 Å². The number of rotatable bonds is 1. The van der Waals surface area contributed by atoms with Crippen molar-refractivity contribution in [3.8, 4) is 0 Å². The number of benzene rings is 2. The fraction of sp³-hybridized carbons (Fsp3) is 0.158. The van der Waals surface area contributed by atoms with Crippen molar-refractivity contribution in [2.45, 2.75) is 18.8 Å². The van der Waals surface area contributed by atoms with E-state index in [4.69, 9.17) is 11.6 Å². The summed E-state index contributed by atoms with van der Waals surface area (Å²) < 4.78 is 0. The van der Waals surface area contributed by atoms with E-state index in [0.29, 0.717) is 11.4 Å². The number of Topliss-reactive ketones (excluding diaryl/α,β-unsaturated/α-hetero) is 1. The molecule has 5 heteroatoms. The zero-order chi connectivity index (χ0) is 16.3. The molecule has 3 aromatic rings. The number of halogens is 1. The third kappa shape index (κ3) is 1.86. The molecule has 0 radical (unpaired) electrons. The fourth-order valence-corrected chi connectivity index (χ4v) is 4.13. The topological polar surface area (TPSA) is 57.8 Å². The van der Waals surface area contributed by atoms with Gasteiger partial charge < -0.3 is 5.32 Å². The molecule has 2 aromatic carbocycles. The first-order valence-electron chi connectivity index (χ1n) is 7.97. The number of anilines is 1. The van der Waals surface area contributed by atoms with Crippen LogP contribution in [0.1, 0.15) is 29.9 Å². The maximum atomic E-state index is 12.6. The number of nitrogens with one attached hydrogen (secondary N) is 2. The van der Waals surface area contributed by atoms with Gasteiger partial charge in [-0.05, 0) is 41.8 Å². The number of H-pyrrole nitrogens is 1. The van der Waals surface area contributed by atoms with Crippen LogP contribution in [-0.4, -0.2) is 16.0 Å². The Kier molecular flexibility index (Phi) is 2.85. The van der Waals surface area contributed by atoms with E-state index in [1.54, 1.807) is 0 Å². The number of hydrogen-bond donors (Lipinski definition) is 2. The maximum Gasteiger partial charge on any atom is 0.161 e. The van der Waals surface area contributed by atoms with E-state index in [0.717, 1.165) is 45.4 Å². The highest BCUT2D eigenvalue weighted by Crippen LogP contribution is 2.48. The van der Waals surface area contributed by atoms with Crippen LogP contribution in [0, 0.1) is 0 Å². The van der Waals surface area contributed by atoms with Crippen molar-refractivity contribution in [2.24, 2.45) is 0 Å². The van der Waals surface area contributed by atoms with E-state index in [1.807, 2.05) is 36.5 Å². The molecule has 1 atom stereocenters. The molecule has 0 fully saturated rings. The van der Waals surface area contributed by atoms with E-state index in [-0.39, 0.29) is 11.7 Å². The van der Waals surface area contributed by atoms with Crippen LogP contribution >= 0.6 is 11.6 Å². The van der Waals surface area contributed by atoms with Gasteiger partial charge in [-0.2, -0.15) is 5.10 Å². The summed E-state index contributed by atoms with van der Waals surface area (Å²) in [7, 11) is 0. The van der Waals surface area contributed by atoms with Gasteiger partial charge in [0.25, 0.3) is 0 Å². The normalized spacial score (nSPS) is 19.4. The summed E-state index contributed by atoms with van der Waals surface area (Å²) in [6.45, 7) is 0. The van der Waals surface area contributed by atoms with Crippen LogP contribution < -0.4 is 5.32 Å². The molecule has 1 aliphatic heterocycles. The Morgan fingerprint density at radius 3 is 2.96 bits per heavy atom. The third-order valence-corrected chi connectivity index (χ3v) is 5.17. The van der Waals surface area contributed by atoms with Crippen molar-refractivity contribution >= 4 is 34.0 Å². The van der Waals surface area contributed by atoms with Crippen molar-refractivity contribution in [3.63, 3.8) is 0 Å². The summed E-state index contributed by atoms with van der Waals surface area (Å²) in [5.41, 5.74) is 6.07. The standard InChI is InChI=1S/C19H14ClN3O/c20-11-3-1-2-10(8-11)17-18-12-9-21-23-13(12)4-5-14(18)22-15-6-7-16(24)19(15)17/h1-5,8-9,17,22H,6-7H2,(H,21,23). The van der Waals surface area contributed by atoms with Gasteiger partial charge >= 0.3 is 0 Å². The van der Waals surface area contributed by atoms with Gasteiger partial charge in [-0.25, -0.2) is 0 Å². The summed E-state index contributed by atoms with van der Waals surface area (Å²) in [5.74, 6) is 0.111. The molecule has 24 heavy (non-hydrogen) atoms. The Hall–Kier alpha value is -2.59. The van der Waals surface area contributed by atoms with Crippen molar-refractivity contribution in [1.29, 1.82) is 0 Å². The second-order valence-corrected chi connectivity index (χ2v) is 6.72. The minimum atomic E-state index is -0.105. The van der Waals surface area contributed by atoms with Gasteiger partial charge in [0.05, 0.1) is 11.7 Å². The Bertz CT molecular complexity index is 1030. The smallest absolute Gasteiger partial charge is 0.161 e. The van der Waals surface area contributed by atoms with Crippen molar-refractivity contribution in [2.75, 3.05) is 5.32 Å². The molecule has 1 aliphatic carbocycles. The van der Waals surface area contributed by atoms with Crippen molar-refractivity contribution in [3.05, 3.63) is 70.0 Å². The molecule has 2 N–H and O–H groups in total. The molecule has 118 valence electrons. The maximum absolute atomic E-state index is 12.6. The van der Waals surface area contributed by atoms with E-state index in [1.165, 1.54) is 0 Å². The van der Waals surface area contributed by atoms with Crippen LogP contribution in [0.4, 0.5) is 5.69 Å². The lowest BCUT2D eigenvalue weighted by molar-refractivity contribution is -0.115. The van der Waals surface area contributed by atoms with Crippen LogP contribution in [-0.2, 0) is 4.79 Å². The summed E-state index contributed by atoms with van der Waals surface area (Å²) in [5, 5.41) is 12.4. The number of nitrogens with zero attached hydrogens (tertiary/aromatic N) is 1. The molecule has 5 rings (SSSR count). The van der Waals surface area contributed by atoms with Gasteiger partial charge in [-0.1, -0.05) is 23.7 Å². The average Bonchev–Trinajstić information content (AvgIpc) is 3.20. The number of hydrogen-bond acceptors (Lipinski definition) is 3. The first-order chi connectivity index (χ1) is 11.7. The number of carbonyl (C=O) groups excluding carboxylic acids is 1. The summed E-state index contributed by atoms with van der Waals surface area (Å²) in [6, 6.07) is 11.9. The Labute approximate surface area is 143 Å². The highest BCUT2D eigenvalue weighted by molar-refractivity contribution is 6.30. The number of aromatic nitrogens is 2. The van der Waals surface area contributed by atoms with Gasteiger partial charge in [0.15, 0.2) is 5.78 Å². The molecule has 1 aromatic heterocycles. The van der Waals surface area contributed by atoms with Crippen molar-refractivity contribution < 1.29 is 4.79 Å². The molecule has 0 saturated carbocycles. The van der Waals surface area contributed by atoms with Gasteiger partial charge in [-0.3, -0.25) is 9.89 Å². The highest BCUT2D eigenvalue weighted by atomic mass is 35.5. The molecular formula is C19H14ClN3O. The zero-order valence-electron chi connectivity index (χ0n) is 12.8. The lowest BCUT2D eigenvalue weighted by Crippen LogP contribution is -2.19. The van der Waals surface area contributed by atoms with Crippen LogP contribution in [0.2, 0.25) is 5.02 Å². The fourth-order valence-electron chi connectivity index (χ4n) is 3.93. The Balaban J connectivity index is 1.84. The average molecular weight is 336 g/mol. The van der Waals surface area contributed by atoms with Crippen molar-refractivity contribution in [1.82, 2.24) is 10.2 Å². The first kappa shape index (κ1) is 13.8. The lowest BCUT2D eigenvalue weighted by Gasteiger charge is -2.29. The molecule has 4 nitrogen and oxygen atoms in total. The number of allylic oxidation sites excluding steroid dienone is 2. The SMILES string of the molecule is O=C1CCC2=C1C(c1cccc(Cl)c1)c1c(ccc3[nH]ncc13)N2. The minimum Gasteiger partial charge on any atom is -0.358 e. The molecule has 0 bridgehead atoms. The molecule has 1 unspecified atom stereocenters. The number of aromatic amines is 1. The summed E-state index contributed by atoms with van der Waals surface area (Å²) >= 11 is 6.23. The first-order valence-corrected chi connectivity index (χ1v) is 8.35. The van der Waals surface area contributed by atoms with E-state index in [9.17, 15) is 4.79 Å². The van der Waals surface area contributed by atoms with Gasteiger partial charge in [0.1, 0.15) is 0 Å². The lowest BCUT2D eigenvalue weighted by atomic mass is 9.79. The highest BCUT2D eigenvalue weighted by Gasteiger charge is 2.37. The molecule has 2 aliphatic rings.